The monoisotopic (exact) mass is 404 g/mol. The standard InChI is InChI=1S/C23H28N6O/c1-3-24-23(25-15-22-27-26-17-29(22)20-7-5-4-6-8-20)28-14-13-19(16-28)18-9-11-21(30-2)12-10-18/h4-12,17,19H,3,13-16H2,1-2H3,(H,24,25). The SMILES string of the molecule is CCNC(=NCc1nncn1-c1ccccc1)N1CCC(c2ccc(OC)cc2)C1. The number of methoxy groups -OCH3 is 1. The summed E-state index contributed by atoms with van der Waals surface area (Å²) in [6.45, 7) is 5.32. The average Bonchev–Trinajstić information content (AvgIpc) is 3.47. The predicted octanol–water partition coefficient (Wildman–Crippen LogP) is 3.23. The highest BCUT2D eigenvalue weighted by Gasteiger charge is 2.26. The number of hydrogen-bond acceptors (Lipinski definition) is 4. The van der Waals surface area contributed by atoms with Crippen LogP contribution in [0.4, 0.5) is 0 Å². The van der Waals surface area contributed by atoms with E-state index in [0.29, 0.717) is 12.5 Å². The van der Waals surface area contributed by atoms with Crippen LogP contribution in [0.25, 0.3) is 5.69 Å². The Morgan fingerprint density at radius 3 is 2.70 bits per heavy atom. The number of nitrogens with one attached hydrogen (secondary N) is 1. The third-order valence-electron chi connectivity index (χ3n) is 5.43. The van der Waals surface area contributed by atoms with Gasteiger partial charge in [-0.1, -0.05) is 30.3 Å². The number of ether oxygens (including phenoxy) is 1. The van der Waals surface area contributed by atoms with E-state index in [2.05, 4.69) is 39.5 Å². The van der Waals surface area contributed by atoms with Crippen molar-refractivity contribution in [3.63, 3.8) is 0 Å². The average molecular weight is 405 g/mol. The molecule has 0 spiro atoms. The van der Waals surface area contributed by atoms with Crippen molar-refractivity contribution in [2.75, 3.05) is 26.7 Å². The molecule has 4 rings (SSSR count). The highest BCUT2D eigenvalue weighted by Crippen LogP contribution is 2.28. The summed E-state index contributed by atoms with van der Waals surface area (Å²) in [7, 11) is 1.70. The first-order valence-electron chi connectivity index (χ1n) is 10.4. The van der Waals surface area contributed by atoms with Crippen molar-refractivity contribution in [2.24, 2.45) is 4.99 Å². The molecule has 0 aliphatic carbocycles. The number of rotatable bonds is 6. The summed E-state index contributed by atoms with van der Waals surface area (Å²) >= 11 is 0. The van der Waals surface area contributed by atoms with Crippen molar-refractivity contribution in [3.8, 4) is 11.4 Å². The van der Waals surface area contributed by atoms with E-state index in [9.17, 15) is 0 Å². The summed E-state index contributed by atoms with van der Waals surface area (Å²) in [6, 6.07) is 18.5. The molecule has 1 aliphatic heterocycles. The second kappa shape index (κ2) is 9.43. The lowest BCUT2D eigenvalue weighted by atomic mass is 9.98. The van der Waals surface area contributed by atoms with Crippen LogP contribution in [-0.2, 0) is 6.54 Å². The Hall–Kier alpha value is -3.35. The van der Waals surface area contributed by atoms with Crippen LogP contribution in [0, 0.1) is 0 Å². The van der Waals surface area contributed by atoms with Crippen LogP contribution in [0.3, 0.4) is 0 Å². The molecule has 1 unspecified atom stereocenters. The second-order valence-electron chi connectivity index (χ2n) is 7.33. The lowest BCUT2D eigenvalue weighted by molar-refractivity contribution is 0.414. The maximum atomic E-state index is 5.28. The van der Waals surface area contributed by atoms with Crippen molar-refractivity contribution in [1.29, 1.82) is 0 Å². The molecule has 2 aromatic carbocycles. The highest BCUT2D eigenvalue weighted by molar-refractivity contribution is 5.80. The summed E-state index contributed by atoms with van der Waals surface area (Å²) in [5, 5.41) is 11.8. The zero-order valence-corrected chi connectivity index (χ0v) is 17.5. The molecular formula is C23H28N6O. The van der Waals surface area contributed by atoms with Gasteiger partial charge in [-0.3, -0.25) is 4.57 Å². The van der Waals surface area contributed by atoms with E-state index in [1.54, 1.807) is 13.4 Å². The lowest BCUT2D eigenvalue weighted by Gasteiger charge is -2.21. The van der Waals surface area contributed by atoms with Crippen LogP contribution in [0.15, 0.2) is 65.9 Å². The van der Waals surface area contributed by atoms with Gasteiger partial charge in [0, 0.05) is 31.2 Å². The predicted molar refractivity (Wildman–Crippen MR) is 118 cm³/mol. The number of hydrogen-bond donors (Lipinski definition) is 1. The molecule has 0 radical (unpaired) electrons. The van der Waals surface area contributed by atoms with Gasteiger partial charge in [0.25, 0.3) is 0 Å². The van der Waals surface area contributed by atoms with Crippen LogP contribution in [0.1, 0.15) is 30.7 Å². The third kappa shape index (κ3) is 4.45. The number of likely N-dealkylation sites (tertiary alicyclic amines) is 1. The molecule has 0 amide bonds. The number of nitrogens with zero attached hydrogens (tertiary/aromatic N) is 5. The Kier molecular flexibility index (Phi) is 6.27. The van der Waals surface area contributed by atoms with Crippen LogP contribution in [-0.4, -0.2) is 52.4 Å². The van der Waals surface area contributed by atoms with E-state index in [1.165, 1.54) is 5.56 Å². The van der Waals surface area contributed by atoms with Gasteiger partial charge in [0.2, 0.25) is 0 Å². The van der Waals surface area contributed by atoms with E-state index in [4.69, 9.17) is 9.73 Å². The maximum absolute atomic E-state index is 5.28. The minimum atomic E-state index is 0.473. The molecular weight excluding hydrogens is 376 g/mol. The molecule has 7 nitrogen and oxygen atoms in total. The Balaban J connectivity index is 1.47. The summed E-state index contributed by atoms with van der Waals surface area (Å²) in [4.78, 5) is 7.20. The summed E-state index contributed by atoms with van der Waals surface area (Å²) in [6.07, 6.45) is 2.85. The van der Waals surface area contributed by atoms with Crippen LogP contribution >= 0.6 is 0 Å². The first-order valence-corrected chi connectivity index (χ1v) is 10.4. The Labute approximate surface area is 177 Å². The van der Waals surface area contributed by atoms with Gasteiger partial charge in [-0.25, -0.2) is 4.99 Å². The first-order chi connectivity index (χ1) is 14.8. The lowest BCUT2D eigenvalue weighted by Crippen LogP contribution is -2.40. The fourth-order valence-electron chi connectivity index (χ4n) is 3.84. The second-order valence-corrected chi connectivity index (χ2v) is 7.33. The van der Waals surface area contributed by atoms with Gasteiger partial charge in [0.05, 0.1) is 7.11 Å². The summed E-state index contributed by atoms with van der Waals surface area (Å²) < 4.78 is 7.26. The van der Waals surface area contributed by atoms with Crippen molar-refractivity contribution in [2.45, 2.75) is 25.8 Å². The maximum Gasteiger partial charge on any atom is 0.194 e. The molecule has 2 heterocycles. The van der Waals surface area contributed by atoms with E-state index >= 15 is 0 Å². The Bertz CT molecular complexity index is 967. The molecule has 30 heavy (non-hydrogen) atoms. The normalized spacial score (nSPS) is 16.7. The molecule has 1 N–H and O–H groups in total. The molecule has 1 saturated heterocycles. The number of benzene rings is 2. The van der Waals surface area contributed by atoms with Crippen LogP contribution in [0.5, 0.6) is 5.75 Å². The molecule has 1 fully saturated rings. The van der Waals surface area contributed by atoms with Crippen molar-refractivity contribution < 1.29 is 4.74 Å². The smallest absolute Gasteiger partial charge is 0.194 e. The van der Waals surface area contributed by atoms with Crippen molar-refractivity contribution >= 4 is 5.96 Å². The summed E-state index contributed by atoms with van der Waals surface area (Å²) in [5.74, 6) is 3.14. The third-order valence-corrected chi connectivity index (χ3v) is 5.43. The number of aliphatic imine (C=N–C) groups is 1. The molecule has 156 valence electrons. The van der Waals surface area contributed by atoms with Crippen molar-refractivity contribution in [3.05, 3.63) is 72.3 Å². The van der Waals surface area contributed by atoms with Gasteiger partial charge in [-0.2, -0.15) is 0 Å². The van der Waals surface area contributed by atoms with E-state index in [0.717, 1.165) is 49.3 Å². The molecule has 0 saturated carbocycles. The van der Waals surface area contributed by atoms with Gasteiger partial charge < -0.3 is 15.0 Å². The number of guanidine groups is 1. The number of aromatic nitrogens is 3. The van der Waals surface area contributed by atoms with Crippen molar-refractivity contribution in [1.82, 2.24) is 25.0 Å². The van der Waals surface area contributed by atoms with Gasteiger partial charge >= 0.3 is 0 Å². The Morgan fingerprint density at radius 1 is 1.17 bits per heavy atom. The van der Waals surface area contributed by atoms with E-state index < -0.39 is 0 Å². The van der Waals surface area contributed by atoms with E-state index in [-0.39, 0.29) is 0 Å². The topological polar surface area (TPSA) is 67.6 Å². The quantitative estimate of drug-likeness (QED) is 0.505. The van der Waals surface area contributed by atoms with Gasteiger partial charge in [-0.15, -0.1) is 10.2 Å². The fraction of sp³-hybridized carbons (Fsp3) is 0.348. The van der Waals surface area contributed by atoms with Gasteiger partial charge in [0.1, 0.15) is 18.6 Å². The van der Waals surface area contributed by atoms with E-state index in [1.807, 2.05) is 47.0 Å². The molecule has 7 heteroatoms. The minimum absolute atomic E-state index is 0.473. The van der Waals surface area contributed by atoms with Crippen LogP contribution in [0.2, 0.25) is 0 Å². The zero-order valence-electron chi connectivity index (χ0n) is 17.5. The molecule has 1 atom stereocenters. The fourth-order valence-corrected chi connectivity index (χ4v) is 3.84. The number of para-hydroxylation sites is 1. The molecule has 1 aliphatic rings. The van der Waals surface area contributed by atoms with Crippen LogP contribution < -0.4 is 10.1 Å². The largest absolute Gasteiger partial charge is 0.497 e. The first kappa shape index (κ1) is 19.9. The Morgan fingerprint density at radius 2 is 1.97 bits per heavy atom. The minimum Gasteiger partial charge on any atom is -0.497 e. The highest BCUT2D eigenvalue weighted by atomic mass is 16.5. The van der Waals surface area contributed by atoms with Gasteiger partial charge in [-0.05, 0) is 43.2 Å². The zero-order chi connectivity index (χ0) is 20.8. The molecule has 1 aromatic heterocycles. The van der Waals surface area contributed by atoms with Gasteiger partial charge in [0.15, 0.2) is 11.8 Å². The molecule has 0 bridgehead atoms. The summed E-state index contributed by atoms with van der Waals surface area (Å²) in [5.41, 5.74) is 2.39. The molecule has 3 aromatic rings.